The number of hydrogen-bond donors (Lipinski definition) is 2. The molecule has 0 unspecified atom stereocenters. The highest BCUT2D eigenvalue weighted by Gasteiger charge is 2.28. The van der Waals surface area contributed by atoms with E-state index in [4.69, 9.17) is 10.3 Å². The topological polar surface area (TPSA) is 111 Å². The van der Waals surface area contributed by atoms with Gasteiger partial charge in [0, 0.05) is 18.8 Å². The van der Waals surface area contributed by atoms with E-state index < -0.39 is 6.09 Å². The highest BCUT2D eigenvalue weighted by Crippen LogP contribution is 2.22. The van der Waals surface area contributed by atoms with E-state index in [2.05, 4.69) is 15.2 Å². The molecule has 152 valence electrons. The minimum absolute atomic E-state index is 0.144. The molecule has 2 amide bonds. The molecule has 0 fully saturated rings. The fourth-order valence-corrected chi connectivity index (χ4v) is 2.81. The Kier molecular flexibility index (Phi) is 6.80. The van der Waals surface area contributed by atoms with Crippen LogP contribution in [0.3, 0.4) is 0 Å². The first-order chi connectivity index (χ1) is 13.2. The van der Waals surface area contributed by atoms with Crippen LogP contribution in [0.25, 0.3) is 0 Å². The Hall–Kier alpha value is -2.87. The van der Waals surface area contributed by atoms with Gasteiger partial charge in [-0.25, -0.2) is 4.79 Å². The molecule has 2 rings (SSSR count). The first kappa shape index (κ1) is 21.4. The summed E-state index contributed by atoms with van der Waals surface area (Å²) in [4.78, 5) is 26.3. The largest absolute Gasteiger partial charge is 0.453 e. The first-order valence-corrected chi connectivity index (χ1v) is 9.03. The van der Waals surface area contributed by atoms with E-state index in [-0.39, 0.29) is 11.3 Å². The van der Waals surface area contributed by atoms with Crippen LogP contribution in [-0.4, -0.2) is 42.3 Å². The Morgan fingerprint density at radius 1 is 1.25 bits per heavy atom. The monoisotopic (exact) mass is 388 g/mol. The smallest absolute Gasteiger partial charge is 0.411 e. The number of methoxy groups -OCH3 is 1. The third-order valence-corrected chi connectivity index (χ3v) is 4.47. The zero-order chi connectivity index (χ0) is 20.9. The standard InChI is InChI=1S/C20H28N4O4/c1-13-17(14(2)28-23-13)18(25)24(12-20(3,4)11-21)10-15-6-8-16(9-7-15)22-19(26)27-5/h6-9H,10-12,21H2,1-5H3,(H,22,26). The number of carbonyl (C=O) groups excluding carboxylic acids is 2. The van der Waals surface area contributed by atoms with Crippen molar-refractivity contribution < 1.29 is 18.8 Å². The molecule has 1 heterocycles. The average molecular weight is 388 g/mol. The van der Waals surface area contributed by atoms with Crippen molar-refractivity contribution in [2.75, 3.05) is 25.5 Å². The van der Waals surface area contributed by atoms with Gasteiger partial charge in [-0.3, -0.25) is 10.1 Å². The summed E-state index contributed by atoms with van der Waals surface area (Å²) in [5, 5.41) is 6.49. The lowest BCUT2D eigenvalue weighted by molar-refractivity contribution is 0.0671. The quantitative estimate of drug-likeness (QED) is 0.754. The number of rotatable bonds is 7. The molecule has 0 saturated carbocycles. The SMILES string of the molecule is COC(=O)Nc1ccc(CN(CC(C)(C)CN)C(=O)c2c(C)noc2C)cc1. The van der Waals surface area contributed by atoms with Crippen LogP contribution in [0.4, 0.5) is 10.5 Å². The maximum atomic E-state index is 13.2. The van der Waals surface area contributed by atoms with Crippen LogP contribution < -0.4 is 11.1 Å². The number of nitrogens with two attached hydrogens (primary N) is 1. The fraction of sp³-hybridized carbons (Fsp3) is 0.450. The number of ether oxygens (including phenoxy) is 1. The van der Waals surface area contributed by atoms with E-state index in [1.165, 1.54) is 7.11 Å². The molecule has 0 atom stereocenters. The second kappa shape index (κ2) is 8.88. The van der Waals surface area contributed by atoms with Gasteiger partial charge in [0.25, 0.3) is 5.91 Å². The lowest BCUT2D eigenvalue weighted by Gasteiger charge is -2.32. The molecule has 0 aliphatic carbocycles. The summed E-state index contributed by atoms with van der Waals surface area (Å²) in [6.07, 6.45) is -0.535. The number of amides is 2. The van der Waals surface area contributed by atoms with Crippen LogP contribution in [0.15, 0.2) is 28.8 Å². The zero-order valence-corrected chi connectivity index (χ0v) is 17.0. The maximum Gasteiger partial charge on any atom is 0.411 e. The van der Waals surface area contributed by atoms with Gasteiger partial charge in [0.1, 0.15) is 11.3 Å². The summed E-state index contributed by atoms with van der Waals surface area (Å²) in [6.45, 7) is 8.84. The molecule has 28 heavy (non-hydrogen) atoms. The van der Waals surface area contributed by atoms with Crippen LogP contribution in [0.1, 0.15) is 41.2 Å². The van der Waals surface area contributed by atoms with Gasteiger partial charge in [0.2, 0.25) is 0 Å². The van der Waals surface area contributed by atoms with E-state index >= 15 is 0 Å². The Morgan fingerprint density at radius 3 is 2.39 bits per heavy atom. The van der Waals surface area contributed by atoms with Gasteiger partial charge in [-0.05, 0) is 43.5 Å². The highest BCUT2D eigenvalue weighted by molar-refractivity contribution is 5.96. The number of benzene rings is 1. The molecule has 0 radical (unpaired) electrons. The second-order valence-electron chi connectivity index (χ2n) is 7.54. The van der Waals surface area contributed by atoms with E-state index in [9.17, 15) is 9.59 Å². The number of carbonyl (C=O) groups is 2. The third kappa shape index (κ3) is 5.32. The van der Waals surface area contributed by atoms with Crippen molar-refractivity contribution in [1.29, 1.82) is 0 Å². The number of aryl methyl sites for hydroxylation is 2. The Bertz CT molecular complexity index is 808. The molecule has 8 heteroatoms. The van der Waals surface area contributed by atoms with Crippen molar-refractivity contribution in [3.05, 3.63) is 46.8 Å². The lowest BCUT2D eigenvalue weighted by atomic mass is 9.92. The molecule has 0 saturated heterocycles. The van der Waals surface area contributed by atoms with E-state index in [1.807, 2.05) is 26.0 Å². The highest BCUT2D eigenvalue weighted by atomic mass is 16.5. The molecule has 3 N–H and O–H groups in total. The lowest BCUT2D eigenvalue weighted by Crippen LogP contribution is -2.42. The average Bonchev–Trinajstić information content (AvgIpc) is 3.00. The predicted molar refractivity (Wildman–Crippen MR) is 106 cm³/mol. The van der Waals surface area contributed by atoms with Crippen LogP contribution in [0.5, 0.6) is 0 Å². The van der Waals surface area contributed by atoms with Gasteiger partial charge >= 0.3 is 6.09 Å². The number of aromatic nitrogens is 1. The van der Waals surface area contributed by atoms with Gasteiger partial charge in [-0.2, -0.15) is 0 Å². The van der Waals surface area contributed by atoms with Gasteiger partial charge < -0.3 is 19.9 Å². The van der Waals surface area contributed by atoms with Crippen LogP contribution in [-0.2, 0) is 11.3 Å². The number of nitrogens with one attached hydrogen (secondary N) is 1. The normalized spacial score (nSPS) is 11.2. The number of anilines is 1. The summed E-state index contributed by atoms with van der Waals surface area (Å²) in [7, 11) is 1.31. The van der Waals surface area contributed by atoms with Crippen molar-refractivity contribution in [2.45, 2.75) is 34.2 Å². The summed E-state index contributed by atoms with van der Waals surface area (Å²) in [5.74, 6) is 0.352. The van der Waals surface area contributed by atoms with Crippen molar-refractivity contribution in [3.63, 3.8) is 0 Å². The van der Waals surface area contributed by atoms with E-state index in [0.29, 0.717) is 42.3 Å². The minimum Gasteiger partial charge on any atom is -0.453 e. The fourth-order valence-electron chi connectivity index (χ4n) is 2.81. The molecular weight excluding hydrogens is 360 g/mol. The third-order valence-electron chi connectivity index (χ3n) is 4.47. The van der Waals surface area contributed by atoms with Crippen LogP contribution in [0.2, 0.25) is 0 Å². The molecule has 2 aromatic rings. The summed E-state index contributed by atoms with van der Waals surface area (Å²) in [6, 6.07) is 7.24. The number of nitrogens with zero attached hydrogens (tertiary/aromatic N) is 2. The van der Waals surface area contributed by atoms with Crippen molar-refractivity contribution in [3.8, 4) is 0 Å². The van der Waals surface area contributed by atoms with Crippen LogP contribution >= 0.6 is 0 Å². The molecule has 0 spiro atoms. The molecule has 0 aliphatic rings. The zero-order valence-electron chi connectivity index (χ0n) is 17.0. The molecule has 8 nitrogen and oxygen atoms in total. The Labute approximate surface area is 165 Å². The van der Waals surface area contributed by atoms with Gasteiger partial charge in [-0.1, -0.05) is 31.1 Å². The maximum absolute atomic E-state index is 13.2. The summed E-state index contributed by atoms with van der Waals surface area (Å²) >= 11 is 0. The van der Waals surface area contributed by atoms with Crippen LogP contribution in [0, 0.1) is 19.3 Å². The second-order valence-corrected chi connectivity index (χ2v) is 7.54. The predicted octanol–water partition coefficient (Wildman–Crippen LogP) is 3.10. The summed E-state index contributed by atoms with van der Waals surface area (Å²) < 4.78 is 9.74. The number of hydrogen-bond acceptors (Lipinski definition) is 6. The van der Waals surface area contributed by atoms with Gasteiger partial charge in [0.05, 0.1) is 12.8 Å². The van der Waals surface area contributed by atoms with Gasteiger partial charge in [-0.15, -0.1) is 0 Å². The molecular formula is C20H28N4O4. The van der Waals surface area contributed by atoms with E-state index in [0.717, 1.165) is 5.56 Å². The Morgan fingerprint density at radius 2 is 1.89 bits per heavy atom. The Balaban J connectivity index is 2.25. The minimum atomic E-state index is -0.535. The van der Waals surface area contributed by atoms with Gasteiger partial charge in [0.15, 0.2) is 0 Å². The van der Waals surface area contributed by atoms with Crippen molar-refractivity contribution in [1.82, 2.24) is 10.1 Å². The first-order valence-electron chi connectivity index (χ1n) is 9.03. The van der Waals surface area contributed by atoms with Crippen molar-refractivity contribution in [2.24, 2.45) is 11.1 Å². The molecule has 1 aromatic heterocycles. The van der Waals surface area contributed by atoms with Crippen molar-refractivity contribution >= 4 is 17.7 Å². The molecule has 0 bridgehead atoms. The van der Waals surface area contributed by atoms with E-state index in [1.54, 1.807) is 30.9 Å². The molecule has 0 aliphatic heterocycles. The summed E-state index contributed by atoms with van der Waals surface area (Å²) in [5.41, 5.74) is 8.22. The molecule has 1 aromatic carbocycles.